The molecule has 1 rings (SSSR count). The van der Waals surface area contributed by atoms with Gasteiger partial charge in [-0.05, 0) is 49.8 Å². The number of benzene rings is 1. The highest BCUT2D eigenvalue weighted by molar-refractivity contribution is 5.33. The molecule has 0 bridgehead atoms. The van der Waals surface area contributed by atoms with Gasteiger partial charge in [0.15, 0.2) is 0 Å². The summed E-state index contributed by atoms with van der Waals surface area (Å²) >= 11 is 0. The Balaban J connectivity index is 2.85. The van der Waals surface area contributed by atoms with E-state index >= 15 is 0 Å². The monoisotopic (exact) mass is 192 g/mol. The second-order valence-electron chi connectivity index (χ2n) is 4.29. The summed E-state index contributed by atoms with van der Waals surface area (Å²) in [5.41, 5.74) is 4.05. The molecule has 0 heterocycles. The van der Waals surface area contributed by atoms with Gasteiger partial charge in [0.05, 0.1) is 6.10 Å². The van der Waals surface area contributed by atoms with Crippen LogP contribution < -0.4 is 0 Å². The number of aliphatic hydroxyl groups excluding tert-OH is 1. The summed E-state index contributed by atoms with van der Waals surface area (Å²) in [6, 6.07) is 6.36. The van der Waals surface area contributed by atoms with E-state index in [4.69, 9.17) is 0 Å². The molecule has 0 spiro atoms. The van der Waals surface area contributed by atoms with Crippen molar-refractivity contribution < 1.29 is 5.11 Å². The fourth-order valence-electron chi connectivity index (χ4n) is 1.66. The molecular formula is C13H20O. The highest BCUT2D eigenvalue weighted by Crippen LogP contribution is 2.19. The van der Waals surface area contributed by atoms with Crippen molar-refractivity contribution in [2.24, 2.45) is 5.92 Å². The number of hydrogen-bond donors (Lipinski definition) is 1. The molecule has 0 aliphatic heterocycles. The van der Waals surface area contributed by atoms with Gasteiger partial charge in [-0.15, -0.1) is 0 Å². The van der Waals surface area contributed by atoms with E-state index in [0.29, 0.717) is 5.92 Å². The Morgan fingerprint density at radius 1 is 1.14 bits per heavy atom. The molecule has 0 fully saturated rings. The van der Waals surface area contributed by atoms with Crippen molar-refractivity contribution in [3.8, 4) is 0 Å². The molecule has 0 aliphatic rings. The van der Waals surface area contributed by atoms with Gasteiger partial charge < -0.3 is 5.11 Å². The molecule has 0 aromatic heterocycles. The van der Waals surface area contributed by atoms with Crippen LogP contribution in [0.1, 0.15) is 30.5 Å². The molecule has 1 N–H and O–H groups in total. The number of aryl methyl sites for hydroxylation is 2. The fraction of sp³-hybridized carbons (Fsp3) is 0.538. The van der Waals surface area contributed by atoms with Crippen LogP contribution in [0.5, 0.6) is 0 Å². The first-order valence-electron chi connectivity index (χ1n) is 5.25. The average molecular weight is 192 g/mol. The summed E-state index contributed by atoms with van der Waals surface area (Å²) in [4.78, 5) is 0. The quantitative estimate of drug-likeness (QED) is 0.780. The van der Waals surface area contributed by atoms with E-state index < -0.39 is 0 Å². The molecule has 0 saturated carbocycles. The predicted octanol–water partition coefficient (Wildman–Crippen LogP) is 2.86. The molecule has 2 unspecified atom stereocenters. The molecule has 1 nitrogen and oxygen atoms in total. The van der Waals surface area contributed by atoms with Gasteiger partial charge in [0.2, 0.25) is 0 Å². The molecule has 0 radical (unpaired) electrons. The van der Waals surface area contributed by atoms with Crippen LogP contribution in [0.15, 0.2) is 18.2 Å². The minimum Gasteiger partial charge on any atom is -0.393 e. The molecular weight excluding hydrogens is 172 g/mol. The van der Waals surface area contributed by atoms with Crippen LogP contribution in [0.25, 0.3) is 0 Å². The van der Waals surface area contributed by atoms with Crippen LogP contribution in [0.2, 0.25) is 0 Å². The van der Waals surface area contributed by atoms with Crippen molar-refractivity contribution >= 4 is 0 Å². The van der Waals surface area contributed by atoms with Crippen LogP contribution in [0, 0.1) is 19.8 Å². The van der Waals surface area contributed by atoms with Crippen LogP contribution >= 0.6 is 0 Å². The van der Waals surface area contributed by atoms with Crippen molar-refractivity contribution in [3.63, 3.8) is 0 Å². The summed E-state index contributed by atoms with van der Waals surface area (Å²) < 4.78 is 0. The highest BCUT2D eigenvalue weighted by Gasteiger charge is 2.12. The normalized spacial score (nSPS) is 15.2. The molecule has 0 saturated heterocycles. The molecule has 0 aliphatic carbocycles. The second-order valence-corrected chi connectivity index (χ2v) is 4.29. The summed E-state index contributed by atoms with van der Waals surface area (Å²) in [7, 11) is 0. The first kappa shape index (κ1) is 11.3. The maximum Gasteiger partial charge on any atom is 0.0540 e. The van der Waals surface area contributed by atoms with E-state index in [1.54, 1.807) is 0 Å². The van der Waals surface area contributed by atoms with E-state index in [-0.39, 0.29) is 6.10 Å². The molecule has 0 amide bonds. The van der Waals surface area contributed by atoms with Gasteiger partial charge in [0.25, 0.3) is 0 Å². The lowest BCUT2D eigenvalue weighted by Crippen LogP contribution is -2.16. The smallest absolute Gasteiger partial charge is 0.0540 e. The topological polar surface area (TPSA) is 20.2 Å². The standard InChI is InChI=1S/C13H20O/c1-9-6-5-7-10(2)13(9)8-11(3)12(4)14/h5-7,11-12,14H,8H2,1-4H3. The largest absolute Gasteiger partial charge is 0.393 e. The second kappa shape index (κ2) is 4.61. The Labute approximate surface area is 86.8 Å². The molecule has 78 valence electrons. The number of rotatable bonds is 3. The van der Waals surface area contributed by atoms with E-state index in [1.165, 1.54) is 16.7 Å². The van der Waals surface area contributed by atoms with Crippen molar-refractivity contribution in [2.75, 3.05) is 0 Å². The summed E-state index contributed by atoms with van der Waals surface area (Å²) in [5.74, 6) is 0.329. The average Bonchev–Trinajstić information content (AvgIpc) is 2.11. The van der Waals surface area contributed by atoms with E-state index in [0.717, 1.165) is 6.42 Å². The van der Waals surface area contributed by atoms with Gasteiger partial charge >= 0.3 is 0 Å². The molecule has 2 atom stereocenters. The van der Waals surface area contributed by atoms with Crippen molar-refractivity contribution in [1.29, 1.82) is 0 Å². The van der Waals surface area contributed by atoms with Crippen molar-refractivity contribution in [2.45, 2.75) is 40.2 Å². The number of hydrogen-bond acceptors (Lipinski definition) is 1. The lowest BCUT2D eigenvalue weighted by molar-refractivity contribution is 0.135. The van der Waals surface area contributed by atoms with Gasteiger partial charge in [0.1, 0.15) is 0 Å². The summed E-state index contributed by atoms with van der Waals surface area (Å²) in [5, 5.41) is 9.46. The Kier molecular flexibility index (Phi) is 3.70. The maximum absolute atomic E-state index is 9.46. The fourth-order valence-corrected chi connectivity index (χ4v) is 1.66. The SMILES string of the molecule is Cc1cccc(C)c1CC(C)C(C)O. The van der Waals surface area contributed by atoms with Crippen molar-refractivity contribution in [1.82, 2.24) is 0 Å². The highest BCUT2D eigenvalue weighted by atomic mass is 16.3. The van der Waals surface area contributed by atoms with E-state index in [2.05, 4.69) is 39.0 Å². The van der Waals surface area contributed by atoms with Gasteiger partial charge in [-0.3, -0.25) is 0 Å². The molecule has 1 aromatic rings. The minimum absolute atomic E-state index is 0.228. The Morgan fingerprint density at radius 3 is 2.07 bits per heavy atom. The zero-order valence-corrected chi connectivity index (χ0v) is 9.54. The van der Waals surface area contributed by atoms with Crippen LogP contribution in [0.4, 0.5) is 0 Å². The van der Waals surface area contributed by atoms with Gasteiger partial charge in [-0.1, -0.05) is 25.1 Å². The van der Waals surface area contributed by atoms with Gasteiger partial charge in [0, 0.05) is 0 Å². The third-order valence-electron chi connectivity index (χ3n) is 2.99. The van der Waals surface area contributed by atoms with Gasteiger partial charge in [-0.2, -0.15) is 0 Å². The Morgan fingerprint density at radius 2 is 1.64 bits per heavy atom. The van der Waals surface area contributed by atoms with Crippen LogP contribution in [-0.4, -0.2) is 11.2 Å². The molecule has 14 heavy (non-hydrogen) atoms. The zero-order chi connectivity index (χ0) is 10.7. The van der Waals surface area contributed by atoms with Gasteiger partial charge in [-0.25, -0.2) is 0 Å². The minimum atomic E-state index is -0.228. The number of aliphatic hydroxyl groups is 1. The van der Waals surface area contributed by atoms with Crippen LogP contribution in [-0.2, 0) is 6.42 Å². The lowest BCUT2D eigenvalue weighted by atomic mass is 9.91. The Hall–Kier alpha value is -0.820. The first-order valence-corrected chi connectivity index (χ1v) is 5.25. The van der Waals surface area contributed by atoms with E-state index in [1.807, 2.05) is 6.92 Å². The predicted molar refractivity (Wildman–Crippen MR) is 60.5 cm³/mol. The third-order valence-corrected chi connectivity index (χ3v) is 2.99. The molecule has 1 aromatic carbocycles. The van der Waals surface area contributed by atoms with E-state index in [9.17, 15) is 5.11 Å². The Bertz CT molecular complexity index is 282. The molecule has 1 heteroatoms. The maximum atomic E-state index is 9.46. The van der Waals surface area contributed by atoms with Crippen LogP contribution in [0.3, 0.4) is 0 Å². The van der Waals surface area contributed by atoms with Crippen molar-refractivity contribution in [3.05, 3.63) is 34.9 Å². The summed E-state index contributed by atoms with van der Waals surface area (Å²) in [6.07, 6.45) is 0.741. The third kappa shape index (κ3) is 2.58. The summed E-state index contributed by atoms with van der Waals surface area (Å²) in [6.45, 7) is 8.23. The first-order chi connectivity index (χ1) is 6.52. The zero-order valence-electron chi connectivity index (χ0n) is 9.54. The lowest BCUT2D eigenvalue weighted by Gasteiger charge is -2.17.